The Hall–Kier alpha value is -1.59. The lowest BCUT2D eigenvalue weighted by Gasteiger charge is -2.12. The van der Waals surface area contributed by atoms with Crippen LogP contribution >= 0.6 is 11.6 Å². The van der Waals surface area contributed by atoms with Crippen LogP contribution in [0.5, 0.6) is 0 Å². The van der Waals surface area contributed by atoms with Crippen molar-refractivity contribution in [2.24, 2.45) is 10.7 Å². The molecule has 0 aliphatic rings. The Bertz CT molecular complexity index is 486. The van der Waals surface area contributed by atoms with Crippen molar-refractivity contribution >= 4 is 34.7 Å². The molecule has 0 radical (unpaired) electrons. The third kappa shape index (κ3) is 5.28. The minimum atomic E-state index is -0.0699. The average Bonchev–Trinajstić information content (AvgIpc) is 2.32. The van der Waals surface area contributed by atoms with Crippen molar-refractivity contribution in [3.8, 4) is 0 Å². The minimum absolute atomic E-state index is 0.0699. The number of aliphatic imine (C=N–C) groups is 1. The second-order valence-corrected chi connectivity index (χ2v) is 4.79. The zero-order valence-corrected chi connectivity index (χ0v) is 12.2. The second kappa shape index (κ2) is 7.11. The maximum Gasteiger partial charge on any atom is 0.238 e. The van der Waals surface area contributed by atoms with Crippen LogP contribution in [-0.4, -0.2) is 43.2 Å². The van der Waals surface area contributed by atoms with E-state index in [4.69, 9.17) is 17.3 Å². The van der Waals surface area contributed by atoms with Crippen LogP contribution in [0.25, 0.3) is 0 Å². The zero-order valence-electron chi connectivity index (χ0n) is 11.4. The van der Waals surface area contributed by atoms with Gasteiger partial charge in [0.05, 0.1) is 18.1 Å². The lowest BCUT2D eigenvalue weighted by Crippen LogP contribution is -2.27. The molecule has 5 nitrogen and oxygen atoms in total. The van der Waals surface area contributed by atoms with E-state index in [1.807, 2.05) is 33.2 Å². The number of hydrogen-bond donors (Lipinski definition) is 2. The summed E-state index contributed by atoms with van der Waals surface area (Å²) >= 11 is 5.58. The molecule has 1 amide bonds. The first-order valence-electron chi connectivity index (χ1n) is 5.86. The first-order valence-corrected chi connectivity index (χ1v) is 6.40. The summed E-state index contributed by atoms with van der Waals surface area (Å²) in [6.07, 6.45) is 0. The Balaban J connectivity index is 2.89. The summed E-state index contributed by atoms with van der Waals surface area (Å²) in [4.78, 5) is 17.7. The van der Waals surface area contributed by atoms with E-state index in [0.29, 0.717) is 18.1 Å². The van der Waals surface area contributed by atoms with Gasteiger partial charge in [0.1, 0.15) is 5.84 Å². The predicted molar refractivity (Wildman–Crippen MR) is 80.4 cm³/mol. The van der Waals surface area contributed by atoms with Crippen LogP contribution in [-0.2, 0) is 4.79 Å². The zero-order chi connectivity index (χ0) is 14.4. The van der Waals surface area contributed by atoms with E-state index in [-0.39, 0.29) is 11.8 Å². The molecule has 0 bridgehead atoms. The highest BCUT2D eigenvalue weighted by molar-refractivity contribution is 6.28. The molecular weight excluding hydrogens is 264 g/mol. The maximum absolute atomic E-state index is 11.7. The SMILES string of the molecule is Cc1ccc(N=C(N)CCl)cc1NC(=O)CN(C)C. The minimum Gasteiger partial charge on any atom is -0.386 e. The van der Waals surface area contributed by atoms with Crippen molar-refractivity contribution in [3.05, 3.63) is 23.8 Å². The summed E-state index contributed by atoms with van der Waals surface area (Å²) in [5.41, 5.74) is 7.95. The van der Waals surface area contributed by atoms with Gasteiger partial charge in [-0.15, -0.1) is 11.6 Å². The molecule has 0 fully saturated rings. The monoisotopic (exact) mass is 282 g/mol. The van der Waals surface area contributed by atoms with Crippen molar-refractivity contribution in [1.29, 1.82) is 0 Å². The number of amides is 1. The maximum atomic E-state index is 11.7. The summed E-state index contributed by atoms with van der Waals surface area (Å²) in [5.74, 6) is 0.451. The first-order chi connectivity index (χ1) is 8.92. The predicted octanol–water partition coefficient (Wildman–Crippen LogP) is 1.72. The smallest absolute Gasteiger partial charge is 0.238 e. The number of alkyl halides is 1. The standard InChI is InChI=1S/C13H19ClN4O/c1-9-4-5-10(16-12(15)7-14)6-11(9)17-13(19)8-18(2)3/h4-6H,7-8H2,1-3H3,(H2,15,16)(H,17,19). The lowest BCUT2D eigenvalue weighted by atomic mass is 10.2. The highest BCUT2D eigenvalue weighted by atomic mass is 35.5. The van der Waals surface area contributed by atoms with Gasteiger partial charge in [-0.3, -0.25) is 4.79 Å². The van der Waals surface area contributed by atoms with E-state index in [0.717, 1.165) is 11.3 Å². The Morgan fingerprint density at radius 2 is 2.16 bits per heavy atom. The summed E-state index contributed by atoms with van der Waals surface area (Å²) in [6.45, 7) is 2.25. The van der Waals surface area contributed by atoms with E-state index in [2.05, 4.69) is 10.3 Å². The molecule has 0 saturated carbocycles. The van der Waals surface area contributed by atoms with Gasteiger partial charge < -0.3 is 16.0 Å². The Kier molecular flexibility index (Phi) is 5.79. The molecule has 0 aromatic heterocycles. The van der Waals surface area contributed by atoms with E-state index in [9.17, 15) is 4.79 Å². The van der Waals surface area contributed by atoms with E-state index >= 15 is 0 Å². The molecule has 3 N–H and O–H groups in total. The number of benzene rings is 1. The van der Waals surface area contributed by atoms with E-state index in [1.165, 1.54) is 0 Å². The van der Waals surface area contributed by atoms with Gasteiger partial charge in [0.15, 0.2) is 0 Å². The van der Waals surface area contributed by atoms with Crippen LogP contribution in [0.1, 0.15) is 5.56 Å². The normalized spacial score (nSPS) is 11.7. The Morgan fingerprint density at radius 1 is 1.47 bits per heavy atom. The number of rotatable bonds is 5. The van der Waals surface area contributed by atoms with Gasteiger partial charge in [-0.1, -0.05) is 6.07 Å². The first kappa shape index (κ1) is 15.5. The second-order valence-electron chi connectivity index (χ2n) is 4.52. The fraction of sp³-hybridized carbons (Fsp3) is 0.385. The number of halogens is 1. The van der Waals surface area contributed by atoms with Gasteiger partial charge in [-0.05, 0) is 38.7 Å². The molecule has 1 aromatic rings. The van der Waals surface area contributed by atoms with Gasteiger partial charge >= 0.3 is 0 Å². The largest absolute Gasteiger partial charge is 0.386 e. The summed E-state index contributed by atoms with van der Waals surface area (Å²) in [5, 5.41) is 2.85. The molecule has 1 rings (SSSR count). The van der Waals surface area contributed by atoms with Crippen LogP contribution in [0, 0.1) is 6.92 Å². The van der Waals surface area contributed by atoms with Crippen LogP contribution in [0.2, 0.25) is 0 Å². The molecule has 0 atom stereocenters. The number of nitrogens with one attached hydrogen (secondary N) is 1. The highest BCUT2D eigenvalue weighted by Gasteiger charge is 2.06. The third-order valence-electron chi connectivity index (χ3n) is 2.36. The number of aryl methyl sites for hydroxylation is 1. The van der Waals surface area contributed by atoms with Gasteiger partial charge in [0.2, 0.25) is 5.91 Å². The summed E-state index contributed by atoms with van der Waals surface area (Å²) in [6, 6.07) is 5.49. The van der Waals surface area contributed by atoms with E-state index in [1.54, 1.807) is 11.0 Å². The number of nitrogens with zero attached hydrogens (tertiary/aromatic N) is 2. The summed E-state index contributed by atoms with van der Waals surface area (Å²) < 4.78 is 0. The summed E-state index contributed by atoms with van der Waals surface area (Å²) in [7, 11) is 3.68. The van der Waals surface area contributed by atoms with Crippen LogP contribution in [0.4, 0.5) is 11.4 Å². The third-order valence-corrected chi connectivity index (χ3v) is 2.64. The Labute approximate surface area is 118 Å². The van der Waals surface area contributed by atoms with Gasteiger partial charge in [-0.2, -0.15) is 0 Å². The van der Waals surface area contributed by atoms with Crippen molar-refractivity contribution in [2.45, 2.75) is 6.92 Å². The van der Waals surface area contributed by atoms with Crippen molar-refractivity contribution in [1.82, 2.24) is 4.90 Å². The number of nitrogens with two attached hydrogens (primary N) is 1. The number of hydrogen-bond acceptors (Lipinski definition) is 3. The van der Waals surface area contributed by atoms with Gasteiger partial charge in [0.25, 0.3) is 0 Å². The number of carbonyl (C=O) groups is 1. The van der Waals surface area contributed by atoms with Crippen LogP contribution in [0.3, 0.4) is 0 Å². The van der Waals surface area contributed by atoms with Gasteiger partial charge in [-0.25, -0.2) is 4.99 Å². The quantitative estimate of drug-likeness (QED) is 0.491. The highest BCUT2D eigenvalue weighted by Crippen LogP contribution is 2.22. The number of carbonyl (C=O) groups excluding carboxylic acids is 1. The molecule has 104 valence electrons. The van der Waals surface area contributed by atoms with Gasteiger partial charge in [0, 0.05) is 5.69 Å². The molecule has 6 heteroatoms. The number of amidine groups is 1. The average molecular weight is 283 g/mol. The molecule has 0 spiro atoms. The number of anilines is 1. The molecular formula is C13H19ClN4O. The Morgan fingerprint density at radius 3 is 2.74 bits per heavy atom. The van der Waals surface area contributed by atoms with Crippen molar-refractivity contribution in [3.63, 3.8) is 0 Å². The van der Waals surface area contributed by atoms with Crippen molar-refractivity contribution in [2.75, 3.05) is 31.8 Å². The lowest BCUT2D eigenvalue weighted by molar-refractivity contribution is -0.116. The van der Waals surface area contributed by atoms with Crippen molar-refractivity contribution < 1.29 is 4.79 Å². The number of likely N-dealkylation sites (N-methyl/N-ethyl adjacent to an activating group) is 1. The topological polar surface area (TPSA) is 70.7 Å². The molecule has 0 unspecified atom stereocenters. The molecule has 0 aliphatic heterocycles. The molecule has 19 heavy (non-hydrogen) atoms. The van der Waals surface area contributed by atoms with E-state index < -0.39 is 0 Å². The van der Waals surface area contributed by atoms with Crippen LogP contribution < -0.4 is 11.1 Å². The molecule has 0 aliphatic carbocycles. The molecule has 1 aromatic carbocycles. The fourth-order valence-corrected chi connectivity index (χ4v) is 1.55. The fourth-order valence-electron chi connectivity index (χ4n) is 1.49. The van der Waals surface area contributed by atoms with Crippen LogP contribution in [0.15, 0.2) is 23.2 Å². The molecule has 0 heterocycles. The molecule has 0 saturated heterocycles.